The van der Waals surface area contributed by atoms with Gasteiger partial charge in [0, 0.05) is 43.2 Å². The van der Waals surface area contributed by atoms with Gasteiger partial charge in [0.2, 0.25) is 11.8 Å². The highest BCUT2D eigenvalue weighted by atomic mass is 16.5. The van der Waals surface area contributed by atoms with Crippen LogP contribution >= 0.6 is 0 Å². The number of carbonyl (C=O) groups is 2. The highest BCUT2D eigenvalue weighted by Gasteiger charge is 2.29. The van der Waals surface area contributed by atoms with Crippen molar-refractivity contribution in [1.82, 2.24) is 15.2 Å². The number of rotatable bonds is 6. The van der Waals surface area contributed by atoms with E-state index in [2.05, 4.69) is 16.4 Å². The molecule has 29 heavy (non-hydrogen) atoms. The van der Waals surface area contributed by atoms with Gasteiger partial charge in [0.05, 0.1) is 12.5 Å². The first-order valence-corrected chi connectivity index (χ1v) is 11.0. The second-order valence-electron chi connectivity index (χ2n) is 8.26. The van der Waals surface area contributed by atoms with Crippen LogP contribution < -0.4 is 5.32 Å². The third kappa shape index (κ3) is 4.99. The van der Waals surface area contributed by atoms with Crippen LogP contribution in [0.1, 0.15) is 50.5 Å². The number of aromatic nitrogens is 1. The van der Waals surface area contributed by atoms with Gasteiger partial charge >= 0.3 is 0 Å². The van der Waals surface area contributed by atoms with E-state index in [4.69, 9.17) is 4.74 Å². The Labute approximate surface area is 172 Å². The molecule has 2 saturated heterocycles. The van der Waals surface area contributed by atoms with E-state index in [-0.39, 0.29) is 17.9 Å². The molecule has 1 aromatic carbocycles. The lowest BCUT2D eigenvalue weighted by molar-refractivity contribution is -0.138. The number of nitrogens with zero attached hydrogens (tertiary/aromatic N) is 1. The Morgan fingerprint density at radius 1 is 1.14 bits per heavy atom. The van der Waals surface area contributed by atoms with Gasteiger partial charge in [-0.05, 0) is 50.2 Å². The maximum atomic E-state index is 13.3. The lowest BCUT2D eigenvalue weighted by Crippen LogP contribution is -2.51. The van der Waals surface area contributed by atoms with Crippen LogP contribution in [0.2, 0.25) is 0 Å². The number of aromatic amines is 1. The number of fused-ring (bicyclic) bond motifs is 1. The first-order valence-electron chi connectivity index (χ1n) is 11.0. The summed E-state index contributed by atoms with van der Waals surface area (Å²) in [6.07, 6.45) is 9.08. The predicted octanol–water partition coefficient (Wildman–Crippen LogP) is 3.17. The zero-order valence-corrected chi connectivity index (χ0v) is 17.0. The maximum absolute atomic E-state index is 13.3. The molecule has 1 aromatic heterocycles. The molecular weight excluding hydrogens is 366 g/mol. The number of carbonyl (C=O) groups excluding carboxylic acids is 2. The highest BCUT2D eigenvalue weighted by Crippen LogP contribution is 2.21. The summed E-state index contributed by atoms with van der Waals surface area (Å²) in [6, 6.07) is 7.54. The maximum Gasteiger partial charge on any atom is 0.245 e. The SMILES string of the molecule is O=C(CC1CCCCO1)NC(Cc1c[nH]c2ccccc12)C(=O)N1CCCCC1. The predicted molar refractivity (Wildman–Crippen MR) is 113 cm³/mol. The summed E-state index contributed by atoms with van der Waals surface area (Å²) in [4.78, 5) is 31.2. The van der Waals surface area contributed by atoms with Crippen LogP contribution in [0.15, 0.2) is 30.5 Å². The number of likely N-dealkylation sites (tertiary alicyclic amines) is 1. The van der Waals surface area contributed by atoms with Crippen LogP contribution in [-0.2, 0) is 20.7 Å². The molecule has 2 N–H and O–H groups in total. The number of ether oxygens (including phenoxy) is 1. The Hall–Kier alpha value is -2.34. The Kier molecular flexibility index (Phi) is 6.49. The molecule has 3 heterocycles. The monoisotopic (exact) mass is 397 g/mol. The van der Waals surface area contributed by atoms with Crippen molar-refractivity contribution in [3.05, 3.63) is 36.0 Å². The topological polar surface area (TPSA) is 74.4 Å². The lowest BCUT2D eigenvalue weighted by Gasteiger charge is -2.31. The summed E-state index contributed by atoms with van der Waals surface area (Å²) in [6.45, 7) is 2.29. The minimum absolute atomic E-state index is 0.0254. The van der Waals surface area contributed by atoms with Gasteiger partial charge in [0.1, 0.15) is 6.04 Å². The summed E-state index contributed by atoms with van der Waals surface area (Å²) in [7, 11) is 0. The number of amides is 2. The zero-order valence-electron chi connectivity index (χ0n) is 17.0. The average Bonchev–Trinajstić information content (AvgIpc) is 3.17. The van der Waals surface area contributed by atoms with Gasteiger partial charge in [-0.1, -0.05) is 18.2 Å². The van der Waals surface area contributed by atoms with E-state index >= 15 is 0 Å². The van der Waals surface area contributed by atoms with Gasteiger partial charge in [0.25, 0.3) is 0 Å². The van der Waals surface area contributed by atoms with Crippen LogP contribution in [0.25, 0.3) is 10.9 Å². The molecule has 0 spiro atoms. The lowest BCUT2D eigenvalue weighted by atomic mass is 10.0. The molecule has 2 amide bonds. The minimum Gasteiger partial charge on any atom is -0.378 e. The molecule has 2 unspecified atom stereocenters. The Morgan fingerprint density at radius 2 is 1.97 bits per heavy atom. The zero-order chi connectivity index (χ0) is 20.1. The molecule has 2 aromatic rings. The third-order valence-corrected chi connectivity index (χ3v) is 6.09. The quantitative estimate of drug-likeness (QED) is 0.786. The second kappa shape index (κ2) is 9.44. The summed E-state index contributed by atoms with van der Waals surface area (Å²) in [5, 5.41) is 4.15. The summed E-state index contributed by atoms with van der Waals surface area (Å²) in [5.74, 6) is -0.0556. The third-order valence-electron chi connectivity index (χ3n) is 6.09. The molecule has 0 bridgehead atoms. The summed E-state index contributed by atoms with van der Waals surface area (Å²) < 4.78 is 5.71. The normalized spacial score (nSPS) is 21.1. The molecule has 2 aliphatic heterocycles. The smallest absolute Gasteiger partial charge is 0.245 e. The van der Waals surface area contributed by atoms with Crippen LogP contribution in [0.3, 0.4) is 0 Å². The number of benzene rings is 1. The minimum atomic E-state index is -0.539. The standard InChI is InChI=1S/C23H31N3O3/c27-22(15-18-8-4-7-13-29-18)25-21(23(28)26-11-5-1-6-12-26)14-17-16-24-20-10-3-2-9-19(17)20/h2-3,9-10,16,18,21,24H,1,4-8,11-15H2,(H,25,27). The molecule has 0 saturated carbocycles. The summed E-state index contributed by atoms with van der Waals surface area (Å²) in [5.41, 5.74) is 2.11. The van der Waals surface area contributed by atoms with Crippen LogP contribution in [0.5, 0.6) is 0 Å². The molecule has 6 nitrogen and oxygen atoms in total. The first kappa shape index (κ1) is 20.0. The Balaban J connectivity index is 1.48. The van der Waals surface area contributed by atoms with Crippen LogP contribution in [0.4, 0.5) is 0 Å². The highest BCUT2D eigenvalue weighted by molar-refractivity contribution is 5.89. The van der Waals surface area contributed by atoms with Gasteiger partial charge in [-0.2, -0.15) is 0 Å². The molecule has 4 rings (SSSR count). The molecule has 2 fully saturated rings. The molecule has 2 aliphatic rings. The van der Waals surface area contributed by atoms with Gasteiger partial charge in [-0.25, -0.2) is 0 Å². The van der Waals surface area contributed by atoms with Gasteiger partial charge in [0.15, 0.2) is 0 Å². The fourth-order valence-electron chi connectivity index (χ4n) is 4.48. The van der Waals surface area contributed by atoms with E-state index in [0.29, 0.717) is 12.8 Å². The second-order valence-corrected chi connectivity index (χ2v) is 8.26. The van der Waals surface area contributed by atoms with Crippen molar-refractivity contribution in [2.75, 3.05) is 19.7 Å². The fourth-order valence-corrected chi connectivity index (χ4v) is 4.48. The van der Waals surface area contributed by atoms with Crippen molar-refractivity contribution < 1.29 is 14.3 Å². The largest absolute Gasteiger partial charge is 0.378 e. The average molecular weight is 398 g/mol. The van der Waals surface area contributed by atoms with Gasteiger partial charge in [-0.3, -0.25) is 9.59 Å². The number of piperidine rings is 1. The molecular formula is C23H31N3O3. The van der Waals surface area contributed by atoms with E-state index in [1.165, 1.54) is 6.42 Å². The molecule has 6 heteroatoms. The number of para-hydroxylation sites is 1. The fraction of sp³-hybridized carbons (Fsp3) is 0.565. The van der Waals surface area contributed by atoms with E-state index in [9.17, 15) is 9.59 Å². The van der Waals surface area contributed by atoms with E-state index in [1.54, 1.807) is 0 Å². The molecule has 2 atom stereocenters. The van der Waals surface area contributed by atoms with Gasteiger partial charge in [-0.15, -0.1) is 0 Å². The number of nitrogens with one attached hydrogen (secondary N) is 2. The van der Waals surface area contributed by atoms with Crippen molar-refractivity contribution in [2.24, 2.45) is 0 Å². The first-order chi connectivity index (χ1) is 14.2. The van der Waals surface area contributed by atoms with Gasteiger partial charge < -0.3 is 19.9 Å². The Morgan fingerprint density at radius 3 is 2.76 bits per heavy atom. The van der Waals surface area contributed by atoms with Crippen LogP contribution in [-0.4, -0.2) is 53.5 Å². The van der Waals surface area contributed by atoms with Crippen molar-refractivity contribution in [3.63, 3.8) is 0 Å². The Bertz CT molecular complexity index is 835. The van der Waals surface area contributed by atoms with E-state index in [1.807, 2.05) is 29.3 Å². The number of H-pyrrole nitrogens is 1. The van der Waals surface area contributed by atoms with E-state index in [0.717, 1.165) is 68.3 Å². The van der Waals surface area contributed by atoms with Crippen molar-refractivity contribution in [1.29, 1.82) is 0 Å². The van der Waals surface area contributed by atoms with Crippen molar-refractivity contribution >= 4 is 22.7 Å². The molecule has 0 radical (unpaired) electrons. The van der Waals surface area contributed by atoms with Crippen molar-refractivity contribution in [2.45, 2.75) is 63.5 Å². The van der Waals surface area contributed by atoms with E-state index < -0.39 is 6.04 Å². The summed E-state index contributed by atoms with van der Waals surface area (Å²) >= 11 is 0. The van der Waals surface area contributed by atoms with Crippen LogP contribution in [0, 0.1) is 0 Å². The number of hydrogen-bond donors (Lipinski definition) is 2. The van der Waals surface area contributed by atoms with Crippen molar-refractivity contribution in [3.8, 4) is 0 Å². The molecule has 156 valence electrons. The molecule has 0 aliphatic carbocycles. The number of hydrogen-bond acceptors (Lipinski definition) is 3.